The molecule has 2 atom stereocenters. The van der Waals surface area contributed by atoms with E-state index >= 15 is 0 Å². The van der Waals surface area contributed by atoms with Crippen molar-refractivity contribution in [3.8, 4) is 0 Å². The lowest BCUT2D eigenvalue weighted by molar-refractivity contribution is 0.384. The van der Waals surface area contributed by atoms with Crippen LogP contribution in [0.2, 0.25) is 0 Å². The first kappa shape index (κ1) is 20.1. The summed E-state index contributed by atoms with van der Waals surface area (Å²) in [5.41, 5.74) is 8.84. The summed E-state index contributed by atoms with van der Waals surface area (Å²) >= 11 is 0. The molecule has 0 aromatic heterocycles. The average molecular weight is 383 g/mol. The van der Waals surface area contributed by atoms with Gasteiger partial charge in [-0.25, -0.2) is 0 Å². The first-order valence-corrected chi connectivity index (χ1v) is 11.4. The van der Waals surface area contributed by atoms with Crippen molar-refractivity contribution < 1.29 is 0 Å². The van der Waals surface area contributed by atoms with Crippen molar-refractivity contribution in [2.45, 2.75) is 57.3 Å². The monoisotopic (exact) mass is 383 g/mol. The van der Waals surface area contributed by atoms with Gasteiger partial charge in [0.2, 0.25) is 0 Å². The molecular weight excluding hydrogens is 349 g/mol. The Balaban J connectivity index is 1.46. The van der Waals surface area contributed by atoms with Gasteiger partial charge in [-0.2, -0.15) is 0 Å². The van der Waals surface area contributed by atoms with Gasteiger partial charge >= 0.3 is 0 Å². The molecule has 150 valence electrons. The third-order valence-electron chi connectivity index (χ3n) is 7.16. The first-order chi connectivity index (χ1) is 14.1. The molecule has 0 radical (unpaired) electrons. The largest absolute Gasteiger partial charge is 0.385 e. The van der Waals surface area contributed by atoms with Crippen molar-refractivity contribution in [3.05, 3.63) is 77.4 Å². The van der Waals surface area contributed by atoms with Gasteiger partial charge in [-0.1, -0.05) is 73.9 Å². The quantitative estimate of drug-likeness (QED) is 0.631. The standard InChI is InChI=1S/C27H34BN/c1-3-15-27(23-9-11-24(28)12-10-23)16-14-21(18-27)19-29-26-7-5-6-22-17-20(4-2)8-13-25(22)26/h4-7,9-12,17,21,29H,2-3,8,13-16,18-19,28H2,1H3. The van der Waals surface area contributed by atoms with Crippen LogP contribution in [0.5, 0.6) is 0 Å². The molecule has 2 aromatic rings. The van der Waals surface area contributed by atoms with Crippen LogP contribution in [-0.2, 0) is 11.8 Å². The van der Waals surface area contributed by atoms with Gasteiger partial charge in [0.1, 0.15) is 7.85 Å². The first-order valence-electron chi connectivity index (χ1n) is 11.4. The third-order valence-corrected chi connectivity index (χ3v) is 7.16. The van der Waals surface area contributed by atoms with Crippen LogP contribution in [0.4, 0.5) is 5.69 Å². The average Bonchev–Trinajstić information content (AvgIpc) is 3.16. The Hall–Kier alpha value is -2.22. The number of hydrogen-bond donors (Lipinski definition) is 1. The molecule has 29 heavy (non-hydrogen) atoms. The van der Waals surface area contributed by atoms with Gasteiger partial charge in [0.25, 0.3) is 0 Å². The zero-order valence-corrected chi connectivity index (χ0v) is 18.1. The lowest BCUT2D eigenvalue weighted by Crippen LogP contribution is -2.24. The summed E-state index contributed by atoms with van der Waals surface area (Å²) in [5, 5.41) is 3.83. The second kappa shape index (κ2) is 8.65. The second-order valence-electron chi connectivity index (χ2n) is 9.18. The van der Waals surface area contributed by atoms with Crippen LogP contribution >= 0.6 is 0 Å². The predicted molar refractivity (Wildman–Crippen MR) is 130 cm³/mol. The minimum Gasteiger partial charge on any atom is -0.385 e. The number of allylic oxidation sites excluding steroid dienone is 2. The van der Waals surface area contributed by atoms with Gasteiger partial charge in [-0.05, 0) is 78.2 Å². The van der Waals surface area contributed by atoms with Crippen molar-refractivity contribution >= 4 is 25.1 Å². The Bertz CT molecular complexity index is 895. The molecule has 0 aliphatic heterocycles. The maximum absolute atomic E-state index is 3.94. The fourth-order valence-corrected chi connectivity index (χ4v) is 5.57. The maximum Gasteiger partial charge on any atom is 0.139 e. The van der Waals surface area contributed by atoms with Gasteiger partial charge in [-0.15, -0.1) is 0 Å². The molecule has 2 aromatic carbocycles. The summed E-state index contributed by atoms with van der Waals surface area (Å²) < 4.78 is 0. The molecule has 2 unspecified atom stereocenters. The Labute approximate surface area is 177 Å². The number of anilines is 1. The molecule has 2 heteroatoms. The molecular formula is C27H34BN. The van der Waals surface area contributed by atoms with Gasteiger partial charge < -0.3 is 5.32 Å². The molecule has 0 spiro atoms. The van der Waals surface area contributed by atoms with Crippen LogP contribution in [0.1, 0.15) is 62.1 Å². The number of fused-ring (bicyclic) bond motifs is 1. The van der Waals surface area contributed by atoms with E-state index in [1.165, 1.54) is 60.0 Å². The lowest BCUT2D eigenvalue weighted by Gasteiger charge is -2.30. The number of nitrogens with one attached hydrogen (secondary N) is 1. The fourth-order valence-electron chi connectivity index (χ4n) is 5.57. The van der Waals surface area contributed by atoms with Crippen molar-refractivity contribution in [1.29, 1.82) is 0 Å². The van der Waals surface area contributed by atoms with Crippen molar-refractivity contribution in [1.82, 2.24) is 0 Å². The molecule has 4 rings (SSSR count). The van der Waals surface area contributed by atoms with Crippen molar-refractivity contribution in [2.75, 3.05) is 11.9 Å². The number of rotatable bonds is 7. The predicted octanol–water partition coefficient (Wildman–Crippen LogP) is 5.41. The van der Waals surface area contributed by atoms with Gasteiger partial charge in [0, 0.05) is 12.2 Å². The zero-order valence-electron chi connectivity index (χ0n) is 18.1. The van der Waals surface area contributed by atoms with Crippen LogP contribution in [-0.4, -0.2) is 14.4 Å². The van der Waals surface area contributed by atoms with E-state index in [0.717, 1.165) is 25.3 Å². The third kappa shape index (κ3) is 4.22. The van der Waals surface area contributed by atoms with E-state index in [0.29, 0.717) is 5.41 Å². The van der Waals surface area contributed by atoms with Crippen LogP contribution in [0.3, 0.4) is 0 Å². The maximum atomic E-state index is 3.94. The molecule has 1 nitrogen and oxygen atoms in total. The molecule has 0 bridgehead atoms. The Morgan fingerprint density at radius 3 is 2.76 bits per heavy atom. The zero-order chi connectivity index (χ0) is 20.3. The second-order valence-corrected chi connectivity index (χ2v) is 9.18. The summed E-state index contributed by atoms with van der Waals surface area (Å²) in [7, 11) is 2.19. The van der Waals surface area contributed by atoms with Crippen LogP contribution in [0.15, 0.2) is 60.7 Å². The van der Waals surface area contributed by atoms with E-state index in [1.54, 1.807) is 5.56 Å². The normalized spacial score (nSPS) is 23.3. The van der Waals surface area contributed by atoms with Crippen molar-refractivity contribution in [3.63, 3.8) is 0 Å². The van der Waals surface area contributed by atoms with E-state index in [-0.39, 0.29) is 0 Å². The van der Waals surface area contributed by atoms with E-state index < -0.39 is 0 Å². The summed E-state index contributed by atoms with van der Waals surface area (Å²) in [6, 6.07) is 16.0. The van der Waals surface area contributed by atoms with Crippen LogP contribution in [0, 0.1) is 5.92 Å². The highest BCUT2D eigenvalue weighted by molar-refractivity contribution is 6.32. The minimum atomic E-state index is 0.381. The molecule has 2 aliphatic carbocycles. The van der Waals surface area contributed by atoms with E-state index in [9.17, 15) is 0 Å². The highest BCUT2D eigenvalue weighted by Crippen LogP contribution is 2.47. The Morgan fingerprint density at radius 2 is 2.00 bits per heavy atom. The smallest absolute Gasteiger partial charge is 0.139 e. The van der Waals surface area contributed by atoms with Crippen LogP contribution < -0.4 is 10.8 Å². The van der Waals surface area contributed by atoms with E-state index in [4.69, 9.17) is 0 Å². The molecule has 1 fully saturated rings. The van der Waals surface area contributed by atoms with Gasteiger partial charge in [0.05, 0.1) is 0 Å². The molecule has 0 saturated heterocycles. The van der Waals surface area contributed by atoms with E-state index in [2.05, 4.69) is 75.2 Å². The molecule has 2 aliphatic rings. The number of hydrogen-bond acceptors (Lipinski definition) is 1. The SMILES string of the molecule is Bc1ccc(C2(CCC)CCC(CNc3cccc4c3CCC(C=C)=C4)C2)cc1. The molecule has 1 N–H and O–H groups in total. The highest BCUT2D eigenvalue weighted by atomic mass is 14.9. The summed E-state index contributed by atoms with van der Waals surface area (Å²) in [6.07, 6.45) is 13.1. The van der Waals surface area contributed by atoms with Gasteiger partial charge in [0.15, 0.2) is 0 Å². The highest BCUT2D eigenvalue weighted by Gasteiger charge is 2.39. The summed E-state index contributed by atoms with van der Waals surface area (Å²) in [5.74, 6) is 0.751. The van der Waals surface area contributed by atoms with E-state index in [1.807, 2.05) is 6.08 Å². The molecule has 1 saturated carbocycles. The van der Waals surface area contributed by atoms with Gasteiger partial charge in [-0.3, -0.25) is 0 Å². The van der Waals surface area contributed by atoms with Crippen LogP contribution in [0.25, 0.3) is 6.08 Å². The summed E-state index contributed by atoms with van der Waals surface area (Å²) in [6.45, 7) is 7.37. The lowest BCUT2D eigenvalue weighted by atomic mass is 9.74. The topological polar surface area (TPSA) is 12.0 Å². The van der Waals surface area contributed by atoms with Crippen molar-refractivity contribution in [2.24, 2.45) is 5.92 Å². The Morgan fingerprint density at radius 1 is 1.17 bits per heavy atom. The Kier molecular flexibility index (Phi) is 5.99. The molecule has 0 amide bonds. The summed E-state index contributed by atoms with van der Waals surface area (Å²) in [4.78, 5) is 0. The fraction of sp³-hybridized carbons (Fsp3) is 0.407. The minimum absolute atomic E-state index is 0.381. The number of benzene rings is 2. The molecule has 0 heterocycles.